The zero-order valence-electron chi connectivity index (χ0n) is 13.9. The Balaban J connectivity index is 2.73. The highest BCUT2D eigenvalue weighted by Crippen LogP contribution is 2.55. The van der Waals surface area contributed by atoms with Crippen LogP contribution in [0, 0.1) is 37.4 Å². The summed E-state index contributed by atoms with van der Waals surface area (Å²) in [7, 11) is 0. The Morgan fingerprint density at radius 1 is 0.821 bits per heavy atom. The van der Waals surface area contributed by atoms with Gasteiger partial charge in [0, 0.05) is 10.5 Å². The number of benzene rings is 2. The number of thioether (sulfide) groups is 1. The van der Waals surface area contributed by atoms with Crippen LogP contribution in [-0.4, -0.2) is 17.4 Å². The number of hydrogen-bond donors (Lipinski definition) is 0. The van der Waals surface area contributed by atoms with E-state index in [0.717, 1.165) is 6.92 Å². The first-order valence-electron chi connectivity index (χ1n) is 7.29. The second kappa shape index (κ2) is 7.16. The van der Waals surface area contributed by atoms with Gasteiger partial charge in [0.1, 0.15) is 5.82 Å². The monoisotopic (exact) mass is 435 g/mol. The van der Waals surface area contributed by atoms with Crippen molar-refractivity contribution < 1.29 is 43.9 Å². The number of rotatable bonds is 4. The van der Waals surface area contributed by atoms with Crippen molar-refractivity contribution in [3.63, 3.8) is 0 Å². The van der Waals surface area contributed by atoms with Crippen LogP contribution in [0.25, 0.3) is 11.1 Å². The van der Waals surface area contributed by atoms with Crippen LogP contribution in [0.1, 0.15) is 11.1 Å². The quantitative estimate of drug-likeness (QED) is 0.281. The molecule has 0 aliphatic heterocycles. The minimum atomic E-state index is -6.58. The average molecular weight is 435 g/mol. The molecule has 153 valence electrons. The molecule has 0 aliphatic rings. The molecule has 0 bridgehead atoms. The van der Waals surface area contributed by atoms with Gasteiger partial charge in [0.2, 0.25) is 0 Å². The Kier molecular flexibility index (Phi) is 5.72. The van der Waals surface area contributed by atoms with Crippen LogP contribution in [0.5, 0.6) is 0 Å². The molecule has 2 aromatic carbocycles. The minimum absolute atomic E-state index is 0.0205. The van der Waals surface area contributed by atoms with Crippen molar-refractivity contribution in [3.8, 4) is 11.1 Å². The second-order valence-electron chi connectivity index (χ2n) is 5.73. The fraction of sp³-hybridized carbons (Fsp3) is 0.294. The van der Waals surface area contributed by atoms with Crippen molar-refractivity contribution in [2.45, 2.75) is 36.1 Å². The third-order valence-corrected chi connectivity index (χ3v) is 4.66. The highest BCUT2D eigenvalue weighted by molar-refractivity contribution is 8.00. The predicted molar refractivity (Wildman–Crippen MR) is 81.9 cm³/mol. The van der Waals surface area contributed by atoms with E-state index in [0.29, 0.717) is 18.2 Å². The molecule has 0 saturated heterocycles. The summed E-state index contributed by atoms with van der Waals surface area (Å²) in [5, 5.41) is -5.72. The first-order valence-corrected chi connectivity index (χ1v) is 8.10. The summed E-state index contributed by atoms with van der Waals surface area (Å²) in [6.45, 7) is 2.36. The van der Waals surface area contributed by atoms with Gasteiger partial charge in [0.15, 0.2) is 11.6 Å². The number of aryl methyl sites for hydroxylation is 2. The minimum Gasteiger partial charge on any atom is -0.206 e. The van der Waals surface area contributed by atoms with E-state index in [1.54, 1.807) is 0 Å². The van der Waals surface area contributed by atoms with E-state index < -0.39 is 62.6 Å². The molecule has 2 aromatic rings. The molecule has 11 heteroatoms. The fourth-order valence-corrected chi connectivity index (χ4v) is 3.48. The Labute approximate surface area is 156 Å². The van der Waals surface area contributed by atoms with Crippen LogP contribution in [0.2, 0.25) is 0 Å². The van der Waals surface area contributed by atoms with E-state index in [1.165, 1.54) is 6.92 Å². The van der Waals surface area contributed by atoms with Crippen molar-refractivity contribution in [3.05, 3.63) is 52.8 Å². The van der Waals surface area contributed by atoms with Gasteiger partial charge in [-0.1, -0.05) is 0 Å². The van der Waals surface area contributed by atoms with Crippen molar-refractivity contribution in [2.75, 3.05) is 0 Å². The van der Waals surface area contributed by atoms with Gasteiger partial charge in [-0.2, -0.15) is 30.7 Å². The van der Waals surface area contributed by atoms with E-state index in [4.69, 9.17) is 0 Å². The van der Waals surface area contributed by atoms with Gasteiger partial charge < -0.3 is 0 Å². The maximum absolute atomic E-state index is 14.1. The van der Waals surface area contributed by atoms with E-state index in [2.05, 4.69) is 6.07 Å². The van der Waals surface area contributed by atoms with Crippen LogP contribution in [0.4, 0.5) is 43.9 Å². The molecular weight excluding hydrogens is 426 g/mol. The summed E-state index contributed by atoms with van der Waals surface area (Å²) in [5.74, 6) is -11.2. The van der Waals surface area contributed by atoms with Gasteiger partial charge in [-0.25, -0.2) is 13.2 Å². The molecule has 0 nitrogen and oxygen atoms in total. The van der Waals surface area contributed by atoms with Crippen molar-refractivity contribution in [1.29, 1.82) is 0 Å². The summed E-state index contributed by atoms with van der Waals surface area (Å²) in [5.41, 5.74) is -2.21. The first-order chi connectivity index (χ1) is 12.6. The fourth-order valence-electron chi connectivity index (χ4n) is 2.36. The van der Waals surface area contributed by atoms with Crippen molar-refractivity contribution >= 4 is 11.8 Å². The summed E-state index contributed by atoms with van der Waals surface area (Å²) >= 11 is -1.23. The highest BCUT2D eigenvalue weighted by atomic mass is 32.2. The number of hydrogen-bond acceptors (Lipinski definition) is 1. The molecule has 0 heterocycles. The van der Waals surface area contributed by atoms with Gasteiger partial charge >= 0.3 is 17.4 Å². The molecule has 1 radical (unpaired) electrons. The summed E-state index contributed by atoms with van der Waals surface area (Å²) in [4.78, 5) is -0.994. The maximum atomic E-state index is 14.1. The molecule has 0 aliphatic carbocycles. The maximum Gasteiger partial charge on any atom is 0.460 e. The standard InChI is InChI=1S/C17H9F10S/c1-7-5-8(2)12(13-9(18)3-4-10(19)14(13)20)11(6-7)28-17(26,27)15(21,22)16(23,24)25/h3-4,6H,1-2H3. The average Bonchev–Trinajstić information content (AvgIpc) is 2.51. The lowest BCUT2D eigenvalue weighted by Crippen LogP contribution is -2.49. The molecule has 0 fully saturated rings. The normalized spacial score (nSPS) is 13.1. The van der Waals surface area contributed by atoms with E-state index >= 15 is 0 Å². The lowest BCUT2D eigenvalue weighted by molar-refractivity contribution is -0.330. The Morgan fingerprint density at radius 2 is 1.36 bits per heavy atom. The largest absolute Gasteiger partial charge is 0.460 e. The molecule has 0 unspecified atom stereocenters. The molecule has 0 saturated carbocycles. The molecule has 0 N–H and O–H groups in total. The van der Waals surface area contributed by atoms with Crippen molar-refractivity contribution in [2.24, 2.45) is 0 Å². The van der Waals surface area contributed by atoms with Crippen LogP contribution in [0.15, 0.2) is 23.1 Å². The lowest BCUT2D eigenvalue weighted by Gasteiger charge is -2.28. The lowest BCUT2D eigenvalue weighted by atomic mass is 9.97. The van der Waals surface area contributed by atoms with E-state index in [1.807, 2.05) is 0 Å². The smallest absolute Gasteiger partial charge is 0.206 e. The van der Waals surface area contributed by atoms with Gasteiger partial charge in [-0.15, -0.1) is 0 Å². The summed E-state index contributed by atoms with van der Waals surface area (Å²) < 4.78 is 133. The van der Waals surface area contributed by atoms with Crippen LogP contribution >= 0.6 is 11.8 Å². The molecule has 0 aromatic heterocycles. The number of halogens is 10. The van der Waals surface area contributed by atoms with E-state index in [9.17, 15) is 43.9 Å². The zero-order valence-corrected chi connectivity index (χ0v) is 14.7. The predicted octanol–water partition coefficient (Wildman–Crippen LogP) is 7.07. The van der Waals surface area contributed by atoms with Crippen LogP contribution in [-0.2, 0) is 0 Å². The van der Waals surface area contributed by atoms with Gasteiger partial charge in [-0.3, -0.25) is 0 Å². The molecule has 0 amide bonds. The molecular formula is C17H9F10S. The SMILES string of the molecule is Cc1[c]c(C)c(-c2c(F)ccc(F)c2F)c(SC(F)(F)C(F)(F)C(F)(F)F)c1. The third kappa shape index (κ3) is 3.81. The summed E-state index contributed by atoms with van der Waals surface area (Å²) in [6.07, 6.45) is -6.58. The molecule has 0 spiro atoms. The van der Waals surface area contributed by atoms with Crippen LogP contribution < -0.4 is 0 Å². The van der Waals surface area contributed by atoms with E-state index in [-0.39, 0.29) is 11.1 Å². The Hall–Kier alpha value is -1.91. The number of alkyl halides is 7. The molecule has 0 atom stereocenters. The Morgan fingerprint density at radius 3 is 1.89 bits per heavy atom. The zero-order chi connectivity index (χ0) is 21.7. The highest BCUT2D eigenvalue weighted by Gasteiger charge is 2.73. The first kappa shape index (κ1) is 22.4. The Bertz CT molecular complexity index is 902. The topological polar surface area (TPSA) is 0 Å². The second-order valence-corrected chi connectivity index (χ2v) is 6.88. The van der Waals surface area contributed by atoms with Gasteiger partial charge in [0.05, 0.1) is 5.56 Å². The van der Waals surface area contributed by atoms with Gasteiger partial charge in [-0.05, 0) is 61.0 Å². The molecule has 2 rings (SSSR count). The third-order valence-electron chi connectivity index (χ3n) is 3.61. The summed E-state index contributed by atoms with van der Waals surface area (Å²) in [6, 6.07) is 4.05. The van der Waals surface area contributed by atoms with Crippen molar-refractivity contribution in [1.82, 2.24) is 0 Å². The van der Waals surface area contributed by atoms with Gasteiger partial charge in [0.25, 0.3) is 0 Å². The molecule has 28 heavy (non-hydrogen) atoms. The van der Waals surface area contributed by atoms with Crippen LogP contribution in [0.3, 0.4) is 0 Å².